The molecule has 1 aromatic carbocycles. The van der Waals surface area contributed by atoms with Gasteiger partial charge in [-0.1, -0.05) is 6.07 Å². The summed E-state index contributed by atoms with van der Waals surface area (Å²) < 4.78 is 6.78. The summed E-state index contributed by atoms with van der Waals surface area (Å²) >= 11 is 0. The Morgan fingerprint density at radius 1 is 1.27 bits per heavy atom. The van der Waals surface area contributed by atoms with Gasteiger partial charge in [0, 0.05) is 23.7 Å². The van der Waals surface area contributed by atoms with E-state index >= 15 is 0 Å². The van der Waals surface area contributed by atoms with Crippen LogP contribution in [0.25, 0.3) is 0 Å². The summed E-state index contributed by atoms with van der Waals surface area (Å²) in [4.78, 5) is 35.0. The van der Waals surface area contributed by atoms with E-state index in [4.69, 9.17) is 4.74 Å². The first-order chi connectivity index (χ1) is 12.2. The Kier molecular flexibility index (Phi) is 5.71. The van der Waals surface area contributed by atoms with Crippen molar-refractivity contribution >= 4 is 23.4 Å². The van der Waals surface area contributed by atoms with Crippen molar-refractivity contribution in [1.29, 1.82) is 0 Å². The Balaban J connectivity index is 2.09. The first-order valence-corrected chi connectivity index (χ1v) is 8.01. The second kappa shape index (κ2) is 7.77. The summed E-state index contributed by atoms with van der Waals surface area (Å²) in [5.41, 5.74) is 0.0523. The van der Waals surface area contributed by atoms with Gasteiger partial charge in [-0.05, 0) is 33.8 Å². The largest absolute Gasteiger partial charge is 0.449 e. The Hall–Kier alpha value is -3.23. The highest BCUT2D eigenvalue weighted by molar-refractivity contribution is 5.97. The van der Waals surface area contributed by atoms with Gasteiger partial charge >= 0.3 is 5.97 Å². The fourth-order valence-electron chi connectivity index (χ4n) is 2.37. The fourth-order valence-corrected chi connectivity index (χ4v) is 2.37. The molecule has 26 heavy (non-hydrogen) atoms. The number of carbonyl (C=O) groups is 2. The standard InChI is InChI=1S/C17H20N4O5/c1-10(2)20-15(8-9-18-20)19-16(22)12(4)26-17(23)13-6-5-7-14(11(13)3)21(24)25/h5-10,12H,1-4H3,(H,19,22)/t12-/m1/s1. The second-order valence-corrected chi connectivity index (χ2v) is 6.00. The van der Waals surface area contributed by atoms with Gasteiger partial charge in [-0.3, -0.25) is 14.9 Å². The lowest BCUT2D eigenvalue weighted by atomic mass is 10.1. The summed E-state index contributed by atoms with van der Waals surface area (Å²) in [6.45, 7) is 6.71. The third-order valence-electron chi connectivity index (χ3n) is 3.79. The van der Waals surface area contributed by atoms with Crippen molar-refractivity contribution in [2.24, 2.45) is 0 Å². The molecule has 2 rings (SSSR count). The Morgan fingerprint density at radius 2 is 1.96 bits per heavy atom. The molecule has 2 aromatic rings. The predicted octanol–water partition coefficient (Wildman–Crippen LogP) is 2.86. The Morgan fingerprint density at radius 3 is 2.58 bits per heavy atom. The van der Waals surface area contributed by atoms with E-state index in [1.54, 1.807) is 16.9 Å². The third-order valence-corrected chi connectivity index (χ3v) is 3.79. The first-order valence-electron chi connectivity index (χ1n) is 8.01. The maximum absolute atomic E-state index is 12.3. The number of hydrogen-bond donors (Lipinski definition) is 1. The van der Waals surface area contributed by atoms with Crippen LogP contribution in [0.15, 0.2) is 30.5 Å². The molecule has 0 fully saturated rings. The molecule has 0 bridgehead atoms. The van der Waals surface area contributed by atoms with Crippen molar-refractivity contribution in [2.45, 2.75) is 39.8 Å². The minimum atomic E-state index is -1.09. The quantitative estimate of drug-likeness (QED) is 0.481. The minimum absolute atomic E-state index is 0.0469. The molecule has 1 atom stereocenters. The number of benzene rings is 1. The lowest BCUT2D eigenvalue weighted by Crippen LogP contribution is -2.31. The van der Waals surface area contributed by atoms with Crippen molar-refractivity contribution in [1.82, 2.24) is 9.78 Å². The number of nitrogens with one attached hydrogen (secondary N) is 1. The summed E-state index contributed by atoms with van der Waals surface area (Å²) in [6.07, 6.45) is 0.468. The summed E-state index contributed by atoms with van der Waals surface area (Å²) in [5.74, 6) is -0.838. The van der Waals surface area contributed by atoms with E-state index in [2.05, 4.69) is 10.4 Å². The molecule has 1 N–H and O–H groups in total. The molecular formula is C17H20N4O5. The van der Waals surface area contributed by atoms with Gasteiger partial charge in [0.05, 0.1) is 16.7 Å². The van der Waals surface area contributed by atoms with E-state index in [1.807, 2.05) is 13.8 Å². The van der Waals surface area contributed by atoms with Crippen molar-refractivity contribution in [3.8, 4) is 0 Å². The van der Waals surface area contributed by atoms with E-state index in [0.717, 1.165) is 0 Å². The average molecular weight is 360 g/mol. The lowest BCUT2D eigenvalue weighted by Gasteiger charge is -2.16. The molecule has 9 nitrogen and oxygen atoms in total. The molecule has 0 aliphatic heterocycles. The van der Waals surface area contributed by atoms with Crippen molar-refractivity contribution in [2.75, 3.05) is 5.32 Å². The Labute approximate surface area is 150 Å². The normalized spacial score (nSPS) is 11.9. The van der Waals surface area contributed by atoms with Crippen molar-refractivity contribution < 1.29 is 19.2 Å². The third kappa shape index (κ3) is 4.05. The molecule has 1 amide bonds. The highest BCUT2D eigenvalue weighted by Gasteiger charge is 2.24. The van der Waals surface area contributed by atoms with Crippen LogP contribution in [0.1, 0.15) is 42.7 Å². The summed E-state index contributed by atoms with van der Waals surface area (Å²) in [7, 11) is 0. The van der Waals surface area contributed by atoms with Crippen LogP contribution in [-0.2, 0) is 9.53 Å². The molecule has 0 saturated heterocycles. The number of amides is 1. The number of aromatic nitrogens is 2. The van der Waals surface area contributed by atoms with E-state index in [9.17, 15) is 19.7 Å². The van der Waals surface area contributed by atoms with Crippen LogP contribution < -0.4 is 5.32 Å². The fraction of sp³-hybridized carbons (Fsp3) is 0.353. The first kappa shape index (κ1) is 19.1. The number of nitrogens with zero attached hydrogens (tertiary/aromatic N) is 3. The number of nitro benzene ring substituents is 1. The molecule has 1 aromatic heterocycles. The molecule has 0 aliphatic rings. The zero-order valence-corrected chi connectivity index (χ0v) is 14.9. The van der Waals surface area contributed by atoms with Crippen molar-refractivity contribution in [3.05, 3.63) is 51.7 Å². The maximum atomic E-state index is 12.3. The number of carbonyl (C=O) groups excluding carboxylic acids is 2. The van der Waals surface area contributed by atoms with Gasteiger partial charge in [0.15, 0.2) is 6.10 Å². The molecule has 138 valence electrons. The number of rotatable bonds is 6. The Bertz CT molecular complexity index is 843. The SMILES string of the molecule is Cc1c(C(=O)O[C@H](C)C(=O)Nc2ccnn2C(C)C)cccc1[N+](=O)[O-]. The van der Waals surface area contributed by atoms with Crippen LogP contribution in [0.2, 0.25) is 0 Å². The van der Waals surface area contributed by atoms with E-state index < -0.39 is 22.9 Å². The van der Waals surface area contributed by atoms with Crippen LogP contribution in [0.3, 0.4) is 0 Å². The van der Waals surface area contributed by atoms with Gasteiger partial charge in [-0.15, -0.1) is 0 Å². The van der Waals surface area contributed by atoms with Gasteiger partial charge in [0.1, 0.15) is 5.82 Å². The van der Waals surface area contributed by atoms with Gasteiger partial charge in [0.2, 0.25) is 0 Å². The zero-order valence-electron chi connectivity index (χ0n) is 14.9. The molecule has 0 saturated carbocycles. The average Bonchev–Trinajstić information content (AvgIpc) is 3.02. The molecule has 0 spiro atoms. The monoisotopic (exact) mass is 360 g/mol. The number of nitro groups is 1. The zero-order chi connectivity index (χ0) is 19.4. The van der Waals surface area contributed by atoms with Gasteiger partial charge in [-0.2, -0.15) is 5.10 Å². The summed E-state index contributed by atoms with van der Waals surface area (Å²) in [6, 6.07) is 5.80. The van der Waals surface area contributed by atoms with E-state index in [0.29, 0.717) is 5.82 Å². The van der Waals surface area contributed by atoms with Crippen LogP contribution >= 0.6 is 0 Å². The number of ether oxygens (including phenoxy) is 1. The summed E-state index contributed by atoms with van der Waals surface area (Å²) in [5, 5.41) is 17.7. The van der Waals surface area contributed by atoms with Crippen LogP contribution in [-0.4, -0.2) is 32.7 Å². The number of hydrogen-bond acceptors (Lipinski definition) is 6. The van der Waals surface area contributed by atoms with E-state index in [-0.39, 0.29) is 22.9 Å². The molecule has 9 heteroatoms. The van der Waals surface area contributed by atoms with Gasteiger partial charge < -0.3 is 10.1 Å². The van der Waals surface area contributed by atoms with Crippen LogP contribution in [0, 0.1) is 17.0 Å². The van der Waals surface area contributed by atoms with Crippen molar-refractivity contribution in [3.63, 3.8) is 0 Å². The highest BCUT2D eigenvalue weighted by atomic mass is 16.6. The maximum Gasteiger partial charge on any atom is 0.339 e. The van der Waals surface area contributed by atoms with Gasteiger partial charge in [-0.25, -0.2) is 9.48 Å². The second-order valence-electron chi connectivity index (χ2n) is 6.00. The molecular weight excluding hydrogens is 340 g/mol. The topological polar surface area (TPSA) is 116 Å². The molecule has 0 radical (unpaired) electrons. The molecule has 0 unspecified atom stereocenters. The van der Waals surface area contributed by atoms with Crippen LogP contribution in [0.4, 0.5) is 11.5 Å². The predicted molar refractivity (Wildman–Crippen MR) is 94.0 cm³/mol. The number of esters is 1. The van der Waals surface area contributed by atoms with E-state index in [1.165, 1.54) is 32.0 Å². The molecule has 0 aliphatic carbocycles. The highest BCUT2D eigenvalue weighted by Crippen LogP contribution is 2.22. The smallest absolute Gasteiger partial charge is 0.339 e. The molecule has 1 heterocycles. The van der Waals surface area contributed by atoms with Crippen LogP contribution in [0.5, 0.6) is 0 Å². The van der Waals surface area contributed by atoms with Gasteiger partial charge in [0.25, 0.3) is 11.6 Å². The lowest BCUT2D eigenvalue weighted by molar-refractivity contribution is -0.385. The number of anilines is 1. The minimum Gasteiger partial charge on any atom is -0.449 e.